The van der Waals surface area contributed by atoms with E-state index in [2.05, 4.69) is 29.4 Å². The number of pyridine rings is 1. The van der Waals surface area contributed by atoms with Crippen molar-refractivity contribution in [3.8, 4) is 0 Å². The van der Waals surface area contributed by atoms with Crippen molar-refractivity contribution in [3.05, 3.63) is 30.1 Å². The number of benzene rings is 1. The molecule has 1 aliphatic heterocycles. The Morgan fingerprint density at radius 3 is 2.81 bits per heavy atom. The maximum atomic E-state index is 6.06. The molecule has 1 saturated heterocycles. The second kappa shape index (κ2) is 5.53. The van der Waals surface area contributed by atoms with E-state index >= 15 is 0 Å². The number of nitrogens with two attached hydrogens (primary N) is 1. The molecule has 3 N–H and O–H groups in total. The molecule has 2 aromatic rings. The van der Waals surface area contributed by atoms with Crippen molar-refractivity contribution in [1.29, 1.82) is 0 Å². The van der Waals surface area contributed by atoms with Gasteiger partial charge in [0, 0.05) is 53.8 Å². The zero-order valence-corrected chi connectivity index (χ0v) is 12.8. The molecule has 4 heteroatoms. The lowest BCUT2D eigenvalue weighted by Crippen LogP contribution is -2.33. The molecule has 21 heavy (non-hydrogen) atoms. The molecule has 3 rings (SSSR count). The standard InChI is InChI=1S/C17H23N3O/c1-12-9-13-14(10-19-12)15(18)3-4-16(13)20-11-17(2)5-7-21-8-6-17/h3-4,9-10,20H,5-8,11,18H2,1-2H3. The molecule has 4 nitrogen and oxygen atoms in total. The molecule has 1 aliphatic rings. The molecule has 0 spiro atoms. The van der Waals surface area contributed by atoms with Crippen LogP contribution < -0.4 is 11.1 Å². The molecule has 0 bridgehead atoms. The average Bonchev–Trinajstić information content (AvgIpc) is 2.47. The van der Waals surface area contributed by atoms with E-state index in [-0.39, 0.29) is 0 Å². The lowest BCUT2D eigenvalue weighted by molar-refractivity contribution is 0.0300. The van der Waals surface area contributed by atoms with Crippen molar-refractivity contribution in [2.24, 2.45) is 5.41 Å². The van der Waals surface area contributed by atoms with Crippen molar-refractivity contribution in [2.75, 3.05) is 30.8 Å². The maximum Gasteiger partial charge on any atom is 0.0471 e. The SMILES string of the molecule is Cc1cc2c(NCC3(C)CCOCC3)ccc(N)c2cn1. The maximum absolute atomic E-state index is 6.06. The molecule has 1 aromatic heterocycles. The first-order valence-electron chi connectivity index (χ1n) is 7.54. The molecule has 0 unspecified atom stereocenters. The number of nitrogens with one attached hydrogen (secondary N) is 1. The lowest BCUT2D eigenvalue weighted by atomic mass is 9.82. The van der Waals surface area contributed by atoms with Gasteiger partial charge in [-0.05, 0) is 43.4 Å². The summed E-state index contributed by atoms with van der Waals surface area (Å²) in [5.74, 6) is 0. The van der Waals surface area contributed by atoms with Gasteiger partial charge in [-0.15, -0.1) is 0 Å². The minimum atomic E-state index is 0.300. The highest BCUT2D eigenvalue weighted by Gasteiger charge is 2.27. The van der Waals surface area contributed by atoms with Crippen LogP contribution in [0, 0.1) is 12.3 Å². The van der Waals surface area contributed by atoms with Crippen molar-refractivity contribution < 1.29 is 4.74 Å². The van der Waals surface area contributed by atoms with Gasteiger partial charge in [0.1, 0.15) is 0 Å². The summed E-state index contributed by atoms with van der Waals surface area (Å²) >= 11 is 0. The van der Waals surface area contributed by atoms with Crippen LogP contribution in [0.4, 0.5) is 11.4 Å². The molecular weight excluding hydrogens is 262 g/mol. The quantitative estimate of drug-likeness (QED) is 0.849. The van der Waals surface area contributed by atoms with E-state index < -0.39 is 0 Å². The Labute approximate surface area is 125 Å². The van der Waals surface area contributed by atoms with Gasteiger partial charge in [0.05, 0.1) is 0 Å². The average molecular weight is 285 g/mol. The summed E-state index contributed by atoms with van der Waals surface area (Å²) in [7, 11) is 0. The largest absolute Gasteiger partial charge is 0.398 e. The highest BCUT2D eigenvalue weighted by atomic mass is 16.5. The summed E-state index contributed by atoms with van der Waals surface area (Å²) in [6, 6.07) is 6.12. The normalized spacial score (nSPS) is 17.8. The fourth-order valence-electron chi connectivity index (χ4n) is 2.87. The Balaban J connectivity index is 1.87. The van der Waals surface area contributed by atoms with Crippen molar-refractivity contribution >= 4 is 22.1 Å². The van der Waals surface area contributed by atoms with Crippen molar-refractivity contribution in [3.63, 3.8) is 0 Å². The number of rotatable bonds is 3. The van der Waals surface area contributed by atoms with Gasteiger partial charge in [0.2, 0.25) is 0 Å². The van der Waals surface area contributed by atoms with E-state index in [0.29, 0.717) is 5.41 Å². The molecule has 0 radical (unpaired) electrons. The summed E-state index contributed by atoms with van der Waals surface area (Å²) < 4.78 is 5.47. The second-order valence-corrected chi connectivity index (χ2v) is 6.35. The summed E-state index contributed by atoms with van der Waals surface area (Å²) in [6.07, 6.45) is 4.07. The molecule has 0 amide bonds. The fourth-order valence-corrected chi connectivity index (χ4v) is 2.87. The first kappa shape index (κ1) is 14.1. The first-order chi connectivity index (χ1) is 10.1. The number of anilines is 2. The topological polar surface area (TPSA) is 60.2 Å². The van der Waals surface area contributed by atoms with Crippen LogP contribution in [0.2, 0.25) is 0 Å². The monoisotopic (exact) mass is 285 g/mol. The van der Waals surface area contributed by atoms with E-state index in [4.69, 9.17) is 10.5 Å². The van der Waals surface area contributed by atoms with E-state index in [0.717, 1.165) is 60.4 Å². The van der Waals surface area contributed by atoms with Crippen LogP contribution in [0.15, 0.2) is 24.4 Å². The van der Waals surface area contributed by atoms with Crippen LogP contribution in [0.3, 0.4) is 0 Å². The minimum absolute atomic E-state index is 0.300. The number of fused-ring (bicyclic) bond motifs is 1. The summed E-state index contributed by atoms with van der Waals surface area (Å²) in [6.45, 7) is 7.02. The third-order valence-electron chi connectivity index (χ3n) is 4.48. The number of hydrogen-bond donors (Lipinski definition) is 2. The number of aryl methyl sites for hydroxylation is 1. The van der Waals surface area contributed by atoms with Crippen LogP contribution in [-0.4, -0.2) is 24.7 Å². The smallest absolute Gasteiger partial charge is 0.0471 e. The third kappa shape index (κ3) is 2.95. The molecule has 1 aromatic carbocycles. The molecule has 112 valence electrons. The molecule has 0 atom stereocenters. The Hall–Kier alpha value is -1.81. The van der Waals surface area contributed by atoms with E-state index in [1.165, 1.54) is 0 Å². The molecule has 2 heterocycles. The van der Waals surface area contributed by atoms with Gasteiger partial charge in [-0.1, -0.05) is 6.92 Å². The van der Waals surface area contributed by atoms with Gasteiger partial charge >= 0.3 is 0 Å². The Bertz CT molecular complexity index is 648. The van der Waals surface area contributed by atoms with Crippen molar-refractivity contribution in [2.45, 2.75) is 26.7 Å². The van der Waals surface area contributed by atoms with Gasteiger partial charge in [-0.25, -0.2) is 0 Å². The predicted molar refractivity (Wildman–Crippen MR) is 87.5 cm³/mol. The molecule has 1 fully saturated rings. The second-order valence-electron chi connectivity index (χ2n) is 6.35. The van der Waals surface area contributed by atoms with Crippen LogP contribution in [0.25, 0.3) is 10.8 Å². The summed E-state index contributed by atoms with van der Waals surface area (Å²) in [5, 5.41) is 5.78. The van der Waals surface area contributed by atoms with Gasteiger partial charge in [0.15, 0.2) is 0 Å². The Morgan fingerprint density at radius 1 is 1.29 bits per heavy atom. The Kier molecular flexibility index (Phi) is 3.72. The van der Waals surface area contributed by atoms with Crippen LogP contribution in [0.1, 0.15) is 25.5 Å². The zero-order valence-electron chi connectivity index (χ0n) is 12.8. The van der Waals surface area contributed by atoms with Crippen LogP contribution in [0.5, 0.6) is 0 Å². The predicted octanol–water partition coefficient (Wildman–Crippen LogP) is 3.35. The number of ether oxygens (including phenoxy) is 1. The van der Waals surface area contributed by atoms with E-state index in [1.54, 1.807) is 0 Å². The van der Waals surface area contributed by atoms with Gasteiger partial charge in [-0.2, -0.15) is 0 Å². The zero-order chi connectivity index (χ0) is 14.9. The third-order valence-corrected chi connectivity index (χ3v) is 4.48. The van der Waals surface area contributed by atoms with Crippen LogP contribution >= 0.6 is 0 Å². The highest BCUT2D eigenvalue weighted by molar-refractivity contribution is 6.00. The van der Waals surface area contributed by atoms with Gasteiger partial charge < -0.3 is 15.8 Å². The van der Waals surface area contributed by atoms with Crippen molar-refractivity contribution in [1.82, 2.24) is 4.98 Å². The summed E-state index contributed by atoms with van der Waals surface area (Å²) in [4.78, 5) is 4.35. The minimum Gasteiger partial charge on any atom is -0.398 e. The molecule has 0 saturated carbocycles. The number of nitrogens with zero attached hydrogens (tertiary/aromatic N) is 1. The Morgan fingerprint density at radius 2 is 2.05 bits per heavy atom. The molecular formula is C17H23N3O. The lowest BCUT2D eigenvalue weighted by Gasteiger charge is -2.34. The number of nitrogen functional groups attached to an aromatic ring is 1. The first-order valence-corrected chi connectivity index (χ1v) is 7.54. The van der Waals surface area contributed by atoms with Crippen LogP contribution in [-0.2, 0) is 4.74 Å². The number of aromatic nitrogens is 1. The highest BCUT2D eigenvalue weighted by Crippen LogP contribution is 2.33. The summed E-state index contributed by atoms with van der Waals surface area (Å²) in [5.41, 5.74) is 9.28. The van der Waals surface area contributed by atoms with Gasteiger partial charge in [-0.3, -0.25) is 4.98 Å². The number of hydrogen-bond acceptors (Lipinski definition) is 4. The van der Waals surface area contributed by atoms with E-state index in [9.17, 15) is 0 Å². The van der Waals surface area contributed by atoms with Gasteiger partial charge in [0.25, 0.3) is 0 Å². The molecule has 0 aliphatic carbocycles. The van der Waals surface area contributed by atoms with E-state index in [1.807, 2.05) is 19.2 Å². The fraction of sp³-hybridized carbons (Fsp3) is 0.471.